The molecule has 0 radical (unpaired) electrons. The van der Waals surface area contributed by atoms with Crippen LogP contribution in [-0.4, -0.2) is 28.3 Å². The minimum absolute atomic E-state index is 0. The third kappa shape index (κ3) is 2.43. The molecule has 0 saturated heterocycles. The van der Waals surface area contributed by atoms with Gasteiger partial charge in [0.25, 0.3) is 5.56 Å². The van der Waals surface area contributed by atoms with Crippen LogP contribution in [0, 0.1) is 6.92 Å². The smallest absolute Gasteiger partial charge is 0.354 e. The number of aromatic nitrogens is 3. The number of hydrogen-bond acceptors (Lipinski definition) is 4. The van der Waals surface area contributed by atoms with Crippen molar-refractivity contribution in [2.75, 3.05) is 7.11 Å². The fourth-order valence-corrected chi connectivity index (χ4v) is 1.59. The molecule has 18 heavy (non-hydrogen) atoms. The number of carbonyl (C=O) groups is 1. The van der Waals surface area contributed by atoms with Crippen molar-refractivity contribution in [3.05, 3.63) is 39.9 Å². The lowest BCUT2D eigenvalue weighted by Gasteiger charge is -2.00. The van der Waals surface area contributed by atoms with Gasteiger partial charge in [0.05, 0.1) is 24.6 Å². The number of nitrogens with one attached hydrogen (secondary N) is 2. The van der Waals surface area contributed by atoms with Gasteiger partial charge in [-0.25, -0.2) is 9.89 Å². The largest absolute Gasteiger partial charge is 0.464 e. The van der Waals surface area contributed by atoms with E-state index in [2.05, 4.69) is 19.9 Å². The lowest BCUT2D eigenvalue weighted by atomic mass is 10.1. The maximum absolute atomic E-state index is 11.6. The summed E-state index contributed by atoms with van der Waals surface area (Å²) >= 11 is 0. The maximum Gasteiger partial charge on any atom is 0.354 e. The molecule has 0 amide bonds. The van der Waals surface area contributed by atoms with Gasteiger partial charge in [-0.05, 0) is 24.6 Å². The quantitative estimate of drug-likeness (QED) is 0.804. The molecule has 2 rings (SSSR count). The lowest BCUT2D eigenvalue weighted by molar-refractivity contribution is 0.0595. The highest BCUT2D eigenvalue weighted by Gasteiger charge is 2.13. The molecular weight excluding hydrogens is 258 g/mol. The van der Waals surface area contributed by atoms with Gasteiger partial charge in [-0.3, -0.25) is 4.79 Å². The fourth-order valence-electron chi connectivity index (χ4n) is 1.59. The number of esters is 1. The zero-order chi connectivity index (χ0) is 12.4. The number of halogens is 1. The third-order valence-electron chi connectivity index (χ3n) is 2.41. The number of nitrogens with zero attached hydrogens (tertiary/aromatic N) is 1. The van der Waals surface area contributed by atoms with Gasteiger partial charge in [-0.2, -0.15) is 5.10 Å². The van der Waals surface area contributed by atoms with Crippen LogP contribution in [0.4, 0.5) is 0 Å². The molecule has 2 N–H and O–H groups in total. The second-order valence-electron chi connectivity index (χ2n) is 3.53. The predicted molar refractivity (Wildman–Crippen MR) is 68.0 cm³/mol. The molecule has 0 saturated carbocycles. The van der Waals surface area contributed by atoms with E-state index in [1.807, 2.05) is 0 Å². The van der Waals surface area contributed by atoms with E-state index in [9.17, 15) is 9.59 Å². The number of hydrogen-bond donors (Lipinski definition) is 2. The molecule has 2 aromatic heterocycles. The second kappa shape index (κ2) is 5.50. The van der Waals surface area contributed by atoms with Crippen molar-refractivity contribution in [1.29, 1.82) is 0 Å². The monoisotopic (exact) mass is 269 g/mol. The Labute approximate surface area is 109 Å². The molecule has 0 bridgehead atoms. The van der Waals surface area contributed by atoms with E-state index in [-0.39, 0.29) is 18.0 Å². The summed E-state index contributed by atoms with van der Waals surface area (Å²) < 4.78 is 4.58. The highest BCUT2D eigenvalue weighted by molar-refractivity contribution is 5.88. The van der Waals surface area contributed by atoms with Gasteiger partial charge in [0.15, 0.2) is 0 Å². The van der Waals surface area contributed by atoms with Gasteiger partial charge in [-0.1, -0.05) is 0 Å². The normalized spacial score (nSPS) is 9.67. The molecule has 2 aromatic rings. The Bertz CT molecular complexity index is 618. The maximum atomic E-state index is 11.6. The van der Waals surface area contributed by atoms with Crippen molar-refractivity contribution in [1.82, 2.24) is 15.2 Å². The molecule has 0 aliphatic carbocycles. The summed E-state index contributed by atoms with van der Waals surface area (Å²) in [6.07, 6.45) is 1.55. The summed E-state index contributed by atoms with van der Waals surface area (Å²) in [5.41, 5.74) is 1.76. The van der Waals surface area contributed by atoms with Crippen LogP contribution < -0.4 is 5.56 Å². The standard InChI is InChI=1S/C11H11N3O3.ClH/c1-6-5-12-14-10(15)9(6)7-3-4-8(13-7)11(16)17-2;/h3-5,13H,1-2H3,(H,14,15);1H. The predicted octanol–water partition coefficient (Wildman–Crippen LogP) is 1.28. The van der Waals surface area contributed by atoms with E-state index in [1.165, 1.54) is 7.11 Å². The van der Waals surface area contributed by atoms with Crippen LogP contribution in [-0.2, 0) is 4.74 Å². The summed E-state index contributed by atoms with van der Waals surface area (Å²) in [6.45, 7) is 1.77. The Morgan fingerprint density at radius 2 is 2.11 bits per heavy atom. The Hall–Kier alpha value is -2.08. The van der Waals surface area contributed by atoms with E-state index in [4.69, 9.17) is 0 Å². The Morgan fingerprint density at radius 1 is 1.39 bits per heavy atom. The van der Waals surface area contributed by atoms with Crippen molar-refractivity contribution in [3.8, 4) is 11.3 Å². The number of aromatic amines is 2. The molecule has 0 fully saturated rings. The average Bonchev–Trinajstić information content (AvgIpc) is 2.77. The first-order valence-corrected chi connectivity index (χ1v) is 4.95. The molecule has 0 aromatic carbocycles. The molecule has 0 atom stereocenters. The highest BCUT2D eigenvalue weighted by Crippen LogP contribution is 2.17. The van der Waals surface area contributed by atoms with Gasteiger partial charge < -0.3 is 9.72 Å². The summed E-state index contributed by atoms with van der Waals surface area (Å²) in [6, 6.07) is 3.23. The lowest BCUT2D eigenvalue weighted by Crippen LogP contribution is -2.12. The van der Waals surface area contributed by atoms with Gasteiger partial charge >= 0.3 is 5.97 Å². The molecule has 7 heteroatoms. The van der Waals surface area contributed by atoms with Crippen molar-refractivity contribution >= 4 is 18.4 Å². The molecule has 6 nitrogen and oxygen atoms in total. The van der Waals surface area contributed by atoms with Crippen LogP contribution in [0.1, 0.15) is 16.1 Å². The van der Waals surface area contributed by atoms with E-state index in [1.54, 1.807) is 25.3 Å². The minimum Gasteiger partial charge on any atom is -0.464 e. The number of ether oxygens (including phenoxy) is 1. The number of carbonyl (C=O) groups excluding carboxylic acids is 1. The van der Waals surface area contributed by atoms with Crippen molar-refractivity contribution in [3.63, 3.8) is 0 Å². The van der Waals surface area contributed by atoms with Crippen LogP contribution in [0.3, 0.4) is 0 Å². The SMILES string of the molecule is COC(=O)c1ccc(-c2c(C)cn[nH]c2=O)[nH]1.Cl. The summed E-state index contributed by atoms with van der Waals surface area (Å²) in [4.78, 5) is 25.8. The van der Waals surface area contributed by atoms with E-state index in [0.717, 1.165) is 5.56 Å². The summed E-state index contributed by atoms with van der Waals surface area (Å²) in [5.74, 6) is -0.473. The van der Waals surface area contributed by atoms with Crippen LogP contribution in [0.2, 0.25) is 0 Å². The topological polar surface area (TPSA) is 87.8 Å². The molecular formula is C11H12ClN3O3. The summed E-state index contributed by atoms with van der Waals surface area (Å²) in [7, 11) is 1.30. The number of aryl methyl sites for hydroxylation is 1. The first-order valence-electron chi connectivity index (χ1n) is 4.95. The Balaban J connectivity index is 0.00000162. The van der Waals surface area contributed by atoms with Gasteiger partial charge in [0.2, 0.25) is 0 Å². The van der Waals surface area contributed by atoms with E-state index >= 15 is 0 Å². The average molecular weight is 270 g/mol. The fraction of sp³-hybridized carbons (Fsp3) is 0.182. The van der Waals surface area contributed by atoms with Crippen LogP contribution in [0.25, 0.3) is 11.3 Å². The first-order chi connectivity index (χ1) is 8.13. The third-order valence-corrected chi connectivity index (χ3v) is 2.41. The zero-order valence-electron chi connectivity index (χ0n) is 9.81. The molecule has 0 unspecified atom stereocenters. The molecule has 0 spiro atoms. The van der Waals surface area contributed by atoms with Gasteiger partial charge in [0.1, 0.15) is 5.69 Å². The number of H-pyrrole nitrogens is 2. The van der Waals surface area contributed by atoms with Gasteiger partial charge in [-0.15, -0.1) is 12.4 Å². The van der Waals surface area contributed by atoms with Crippen molar-refractivity contribution in [2.24, 2.45) is 0 Å². The van der Waals surface area contributed by atoms with Crippen molar-refractivity contribution in [2.45, 2.75) is 6.92 Å². The molecule has 0 aliphatic rings. The molecule has 96 valence electrons. The van der Waals surface area contributed by atoms with Crippen LogP contribution in [0.5, 0.6) is 0 Å². The Morgan fingerprint density at radius 3 is 2.72 bits per heavy atom. The number of methoxy groups -OCH3 is 1. The first kappa shape index (κ1) is 14.0. The van der Waals surface area contributed by atoms with E-state index < -0.39 is 5.97 Å². The van der Waals surface area contributed by atoms with Crippen LogP contribution >= 0.6 is 12.4 Å². The minimum atomic E-state index is -0.473. The second-order valence-corrected chi connectivity index (χ2v) is 3.53. The number of rotatable bonds is 2. The molecule has 0 aliphatic heterocycles. The van der Waals surface area contributed by atoms with E-state index in [0.29, 0.717) is 17.0 Å². The van der Waals surface area contributed by atoms with Crippen molar-refractivity contribution < 1.29 is 9.53 Å². The molecule has 2 heterocycles. The Kier molecular flexibility index (Phi) is 4.28. The highest BCUT2D eigenvalue weighted by atomic mass is 35.5. The summed E-state index contributed by atoms with van der Waals surface area (Å²) in [5, 5.41) is 6.03. The van der Waals surface area contributed by atoms with Gasteiger partial charge in [0, 0.05) is 0 Å². The zero-order valence-corrected chi connectivity index (χ0v) is 10.6. The van der Waals surface area contributed by atoms with Crippen LogP contribution in [0.15, 0.2) is 23.1 Å².